The summed E-state index contributed by atoms with van der Waals surface area (Å²) in [6.45, 7) is 4.44. The summed E-state index contributed by atoms with van der Waals surface area (Å²) in [5, 5.41) is 10.5. The van der Waals surface area contributed by atoms with E-state index in [4.69, 9.17) is 25.8 Å². The highest BCUT2D eigenvalue weighted by molar-refractivity contribution is 6.30. The van der Waals surface area contributed by atoms with Gasteiger partial charge in [-0.1, -0.05) is 43.7 Å². The molecule has 0 unspecified atom stereocenters. The smallest absolute Gasteiger partial charge is 0.256 e. The van der Waals surface area contributed by atoms with Gasteiger partial charge >= 0.3 is 0 Å². The van der Waals surface area contributed by atoms with E-state index in [0.29, 0.717) is 39.9 Å². The molecule has 1 N–H and O–H groups in total. The molecule has 2 aliphatic rings. The standard InChI is InChI=1S/C29H35ClN2O6/c1-29(2,18-33)17-32-22-12-11-19(30)15-21(22)26(20-9-8-10-23(36-3)27(20)37-4)38-24(28(32)35)16-25(34)31-13-6-5-7-14-31/h6,8-13,15,24,26,33H,5,7,14,16-18H2,1-4H3/t24-,26-/m1/s1. The predicted molar refractivity (Wildman–Crippen MR) is 146 cm³/mol. The summed E-state index contributed by atoms with van der Waals surface area (Å²) < 4.78 is 17.8. The SMILES string of the molecule is COc1cccc([C@H]2O[C@H](CC(=O)N3C=CCCC3)C(=O)N(CC(C)(C)CO)c3ccc(Cl)cc32)c1OC. The van der Waals surface area contributed by atoms with E-state index in [1.807, 2.05) is 32.1 Å². The molecule has 0 saturated heterocycles. The van der Waals surface area contributed by atoms with Crippen molar-refractivity contribution in [3.63, 3.8) is 0 Å². The van der Waals surface area contributed by atoms with Gasteiger partial charge in [0, 0.05) is 53.1 Å². The topological polar surface area (TPSA) is 88.5 Å². The minimum Gasteiger partial charge on any atom is -0.493 e. The molecule has 2 aromatic carbocycles. The van der Waals surface area contributed by atoms with Gasteiger partial charge in [-0.25, -0.2) is 0 Å². The minimum absolute atomic E-state index is 0.129. The Balaban J connectivity index is 1.86. The third-order valence-corrected chi connectivity index (χ3v) is 7.11. The normalized spacial score (nSPS) is 19.7. The first-order valence-electron chi connectivity index (χ1n) is 12.7. The van der Waals surface area contributed by atoms with E-state index in [1.165, 1.54) is 0 Å². The molecule has 0 aromatic heterocycles. The molecule has 0 saturated carbocycles. The number of para-hydroxylation sites is 1. The van der Waals surface area contributed by atoms with Gasteiger partial charge in [0.2, 0.25) is 5.91 Å². The molecule has 2 aliphatic heterocycles. The van der Waals surface area contributed by atoms with Crippen LogP contribution in [-0.2, 0) is 14.3 Å². The summed E-state index contributed by atoms with van der Waals surface area (Å²) >= 11 is 6.46. The number of benzene rings is 2. The number of methoxy groups -OCH3 is 2. The van der Waals surface area contributed by atoms with Gasteiger partial charge in [0.05, 0.1) is 20.6 Å². The van der Waals surface area contributed by atoms with E-state index in [2.05, 4.69) is 0 Å². The van der Waals surface area contributed by atoms with E-state index in [-0.39, 0.29) is 31.4 Å². The van der Waals surface area contributed by atoms with Gasteiger partial charge in [0.25, 0.3) is 5.91 Å². The highest BCUT2D eigenvalue weighted by Crippen LogP contribution is 2.45. The van der Waals surface area contributed by atoms with E-state index >= 15 is 0 Å². The zero-order chi connectivity index (χ0) is 27.4. The number of nitrogens with zero attached hydrogens (tertiary/aromatic N) is 2. The second-order valence-corrected chi connectivity index (χ2v) is 10.8. The number of carbonyl (C=O) groups excluding carboxylic acids is 2. The van der Waals surface area contributed by atoms with Crippen LogP contribution in [0.1, 0.15) is 50.3 Å². The van der Waals surface area contributed by atoms with E-state index in [9.17, 15) is 14.7 Å². The molecule has 2 heterocycles. The maximum absolute atomic E-state index is 14.1. The number of ether oxygens (including phenoxy) is 3. The van der Waals surface area contributed by atoms with E-state index in [0.717, 1.165) is 12.8 Å². The largest absolute Gasteiger partial charge is 0.493 e. The van der Waals surface area contributed by atoms with E-state index in [1.54, 1.807) is 54.5 Å². The first-order valence-corrected chi connectivity index (χ1v) is 13.1. The summed E-state index contributed by atoms with van der Waals surface area (Å²) in [6.07, 6.45) is 3.51. The molecule has 0 bridgehead atoms. The van der Waals surface area contributed by atoms with Gasteiger partial charge in [-0.05, 0) is 37.1 Å². The van der Waals surface area contributed by atoms with Crippen molar-refractivity contribution in [3.8, 4) is 11.5 Å². The molecule has 0 fully saturated rings. The van der Waals surface area contributed by atoms with Crippen molar-refractivity contribution in [2.45, 2.75) is 45.3 Å². The molecular weight excluding hydrogens is 508 g/mol. The van der Waals surface area contributed by atoms with Crippen molar-refractivity contribution in [1.82, 2.24) is 4.90 Å². The van der Waals surface area contributed by atoms with Crippen molar-refractivity contribution in [1.29, 1.82) is 0 Å². The highest BCUT2D eigenvalue weighted by atomic mass is 35.5. The molecule has 9 heteroatoms. The molecule has 204 valence electrons. The van der Waals surface area contributed by atoms with Gasteiger partial charge in [-0.2, -0.15) is 0 Å². The van der Waals surface area contributed by atoms with Gasteiger partial charge in [-0.15, -0.1) is 0 Å². The summed E-state index contributed by atoms with van der Waals surface area (Å²) in [5.74, 6) is 0.429. The average molecular weight is 543 g/mol. The Morgan fingerprint density at radius 3 is 2.63 bits per heavy atom. The number of anilines is 1. The first-order chi connectivity index (χ1) is 18.2. The molecule has 2 aromatic rings. The Hall–Kier alpha value is -3.07. The Morgan fingerprint density at radius 1 is 1.18 bits per heavy atom. The second-order valence-electron chi connectivity index (χ2n) is 10.4. The molecule has 0 radical (unpaired) electrons. The zero-order valence-electron chi connectivity index (χ0n) is 22.3. The van der Waals surface area contributed by atoms with E-state index < -0.39 is 17.6 Å². The first kappa shape index (κ1) is 28.0. The summed E-state index contributed by atoms with van der Waals surface area (Å²) in [7, 11) is 3.10. The number of aliphatic hydroxyl groups is 1. The number of halogens is 1. The fourth-order valence-corrected chi connectivity index (χ4v) is 5.03. The number of hydrogen-bond acceptors (Lipinski definition) is 6. The van der Waals surface area contributed by atoms with Crippen molar-refractivity contribution in [2.24, 2.45) is 5.41 Å². The third kappa shape index (κ3) is 5.82. The maximum atomic E-state index is 14.1. The van der Waals surface area contributed by atoms with Crippen LogP contribution in [0.25, 0.3) is 0 Å². The van der Waals surface area contributed by atoms with Crippen LogP contribution in [0.15, 0.2) is 48.7 Å². The Labute approximate surface area is 228 Å². The van der Waals surface area contributed by atoms with Crippen LogP contribution < -0.4 is 14.4 Å². The van der Waals surface area contributed by atoms with Crippen molar-refractivity contribution < 1.29 is 28.9 Å². The van der Waals surface area contributed by atoms with Crippen LogP contribution in [-0.4, -0.2) is 61.8 Å². The predicted octanol–water partition coefficient (Wildman–Crippen LogP) is 4.72. The second kappa shape index (κ2) is 11.8. The van der Waals surface area contributed by atoms with Crippen LogP contribution in [0.5, 0.6) is 11.5 Å². The zero-order valence-corrected chi connectivity index (χ0v) is 23.0. The number of rotatable bonds is 8. The lowest BCUT2D eigenvalue weighted by Crippen LogP contribution is -2.46. The number of allylic oxidation sites excluding steroid dienone is 1. The van der Waals surface area contributed by atoms with Crippen LogP contribution in [0, 0.1) is 5.41 Å². The molecule has 0 aliphatic carbocycles. The van der Waals surface area contributed by atoms with Crippen LogP contribution >= 0.6 is 11.6 Å². The molecule has 4 rings (SSSR count). The average Bonchev–Trinajstić information content (AvgIpc) is 3.03. The monoisotopic (exact) mass is 542 g/mol. The molecule has 38 heavy (non-hydrogen) atoms. The Bertz CT molecular complexity index is 1210. The Kier molecular flexibility index (Phi) is 8.65. The summed E-state index contributed by atoms with van der Waals surface area (Å²) in [4.78, 5) is 30.6. The fourth-order valence-electron chi connectivity index (χ4n) is 4.84. The molecule has 2 atom stereocenters. The van der Waals surface area contributed by atoms with Gasteiger partial charge in [0.1, 0.15) is 12.2 Å². The molecule has 2 amide bonds. The Morgan fingerprint density at radius 2 is 1.97 bits per heavy atom. The molecule has 8 nitrogen and oxygen atoms in total. The molecular formula is C29H35ClN2O6. The highest BCUT2D eigenvalue weighted by Gasteiger charge is 2.41. The number of fused-ring (bicyclic) bond motifs is 1. The third-order valence-electron chi connectivity index (χ3n) is 6.87. The van der Waals surface area contributed by atoms with Crippen LogP contribution in [0.4, 0.5) is 5.69 Å². The number of amides is 2. The van der Waals surface area contributed by atoms with Gasteiger partial charge in [0.15, 0.2) is 11.5 Å². The lowest BCUT2D eigenvalue weighted by atomic mass is 9.92. The lowest BCUT2D eigenvalue weighted by molar-refractivity contribution is -0.141. The minimum atomic E-state index is -1.08. The number of carbonyl (C=O) groups is 2. The van der Waals surface area contributed by atoms with Crippen molar-refractivity contribution in [2.75, 3.05) is 38.8 Å². The summed E-state index contributed by atoms with van der Waals surface area (Å²) in [6, 6.07) is 10.7. The maximum Gasteiger partial charge on any atom is 0.256 e. The quantitative estimate of drug-likeness (QED) is 0.519. The van der Waals surface area contributed by atoms with Gasteiger partial charge in [-0.3, -0.25) is 9.59 Å². The summed E-state index contributed by atoms with van der Waals surface area (Å²) in [5.41, 5.74) is 1.29. The molecule has 0 spiro atoms. The van der Waals surface area contributed by atoms with Crippen LogP contribution in [0.2, 0.25) is 5.02 Å². The fraction of sp³-hybridized carbons (Fsp3) is 0.448. The number of hydrogen-bond donors (Lipinski definition) is 1. The van der Waals surface area contributed by atoms with Crippen molar-refractivity contribution >= 4 is 29.1 Å². The van der Waals surface area contributed by atoms with Crippen LogP contribution in [0.3, 0.4) is 0 Å². The number of aliphatic hydroxyl groups excluding tert-OH is 1. The van der Waals surface area contributed by atoms with Crippen molar-refractivity contribution in [3.05, 3.63) is 64.8 Å². The lowest BCUT2D eigenvalue weighted by Gasteiger charge is -2.33. The van der Waals surface area contributed by atoms with Gasteiger partial charge < -0.3 is 29.1 Å².